The van der Waals surface area contributed by atoms with Gasteiger partial charge in [-0.3, -0.25) is 10.1 Å². The van der Waals surface area contributed by atoms with Crippen LogP contribution in [-0.4, -0.2) is 39.7 Å². The standard InChI is InChI=1S/C6H11NO4/c1-2-4(8)3(6(10)11)7-5(2)9/h2-5,7-9H,1H3,(H,10,11)/t2?,3-,4?,5?/m0/s1. The highest BCUT2D eigenvalue weighted by Crippen LogP contribution is 2.18. The number of hydrogen-bond acceptors (Lipinski definition) is 4. The first-order valence-corrected chi connectivity index (χ1v) is 3.39. The molecule has 4 atom stereocenters. The fraction of sp³-hybridized carbons (Fsp3) is 0.833. The monoisotopic (exact) mass is 161 g/mol. The van der Waals surface area contributed by atoms with Crippen molar-refractivity contribution >= 4 is 5.97 Å². The maximum absolute atomic E-state index is 10.4. The highest BCUT2D eigenvalue weighted by atomic mass is 16.4. The highest BCUT2D eigenvalue weighted by Gasteiger charge is 2.42. The molecule has 0 aromatic carbocycles. The average Bonchev–Trinajstić information content (AvgIpc) is 2.17. The molecular weight excluding hydrogens is 150 g/mol. The van der Waals surface area contributed by atoms with Gasteiger partial charge in [0.15, 0.2) is 0 Å². The van der Waals surface area contributed by atoms with Crippen molar-refractivity contribution in [2.45, 2.75) is 25.3 Å². The second-order valence-corrected chi connectivity index (χ2v) is 2.78. The van der Waals surface area contributed by atoms with Crippen molar-refractivity contribution in [1.29, 1.82) is 0 Å². The van der Waals surface area contributed by atoms with Crippen LogP contribution >= 0.6 is 0 Å². The van der Waals surface area contributed by atoms with Gasteiger partial charge in [0.25, 0.3) is 0 Å². The van der Waals surface area contributed by atoms with Crippen LogP contribution in [0.15, 0.2) is 0 Å². The predicted octanol–water partition coefficient (Wildman–Crippen LogP) is -1.64. The topological polar surface area (TPSA) is 89.8 Å². The van der Waals surface area contributed by atoms with E-state index in [-0.39, 0.29) is 0 Å². The van der Waals surface area contributed by atoms with Crippen LogP contribution in [0.1, 0.15) is 6.92 Å². The second-order valence-electron chi connectivity index (χ2n) is 2.78. The molecular formula is C6H11NO4. The molecule has 4 N–H and O–H groups in total. The van der Waals surface area contributed by atoms with Crippen molar-refractivity contribution in [3.05, 3.63) is 0 Å². The minimum absolute atomic E-state index is 0.434. The Morgan fingerprint density at radius 2 is 2.00 bits per heavy atom. The average molecular weight is 161 g/mol. The number of carboxylic acid groups (broad SMARTS) is 1. The van der Waals surface area contributed by atoms with Gasteiger partial charge in [-0.05, 0) is 0 Å². The van der Waals surface area contributed by atoms with Gasteiger partial charge in [-0.1, -0.05) is 6.92 Å². The number of aliphatic hydroxyl groups excluding tert-OH is 2. The minimum atomic E-state index is -1.14. The Morgan fingerprint density at radius 3 is 2.18 bits per heavy atom. The van der Waals surface area contributed by atoms with Crippen LogP contribution in [0.5, 0.6) is 0 Å². The maximum Gasteiger partial charge on any atom is 0.323 e. The number of carboxylic acids is 1. The molecule has 1 aliphatic rings. The molecule has 1 rings (SSSR count). The first kappa shape index (κ1) is 8.45. The Hall–Kier alpha value is -0.650. The fourth-order valence-electron chi connectivity index (χ4n) is 1.14. The fourth-order valence-corrected chi connectivity index (χ4v) is 1.14. The highest BCUT2D eigenvalue weighted by molar-refractivity contribution is 5.74. The summed E-state index contributed by atoms with van der Waals surface area (Å²) in [5, 5.41) is 29.1. The van der Waals surface area contributed by atoms with E-state index >= 15 is 0 Å². The lowest BCUT2D eigenvalue weighted by atomic mass is 10.0. The van der Waals surface area contributed by atoms with E-state index in [1.807, 2.05) is 0 Å². The maximum atomic E-state index is 10.4. The summed E-state index contributed by atoms with van der Waals surface area (Å²) in [6.45, 7) is 1.59. The molecule has 1 aliphatic heterocycles. The van der Waals surface area contributed by atoms with E-state index < -0.39 is 30.3 Å². The second kappa shape index (κ2) is 2.77. The largest absolute Gasteiger partial charge is 0.480 e. The molecule has 64 valence electrons. The molecule has 0 radical (unpaired) electrons. The van der Waals surface area contributed by atoms with Gasteiger partial charge in [0, 0.05) is 5.92 Å². The quantitative estimate of drug-likeness (QED) is 0.370. The summed E-state index contributed by atoms with van der Waals surface area (Å²) in [7, 11) is 0. The summed E-state index contributed by atoms with van der Waals surface area (Å²) in [5.74, 6) is -1.57. The molecule has 11 heavy (non-hydrogen) atoms. The number of aliphatic hydroxyl groups is 2. The Labute approximate surface area is 63.7 Å². The summed E-state index contributed by atoms with van der Waals surface area (Å²) in [5.41, 5.74) is 0. The zero-order chi connectivity index (χ0) is 8.59. The zero-order valence-corrected chi connectivity index (χ0v) is 6.06. The van der Waals surface area contributed by atoms with Gasteiger partial charge in [0.2, 0.25) is 0 Å². The van der Waals surface area contributed by atoms with Crippen molar-refractivity contribution in [3.63, 3.8) is 0 Å². The summed E-state index contributed by atoms with van der Waals surface area (Å²) < 4.78 is 0. The number of nitrogens with one attached hydrogen (secondary N) is 1. The van der Waals surface area contributed by atoms with E-state index in [4.69, 9.17) is 10.2 Å². The van der Waals surface area contributed by atoms with Crippen LogP contribution in [0, 0.1) is 5.92 Å². The zero-order valence-electron chi connectivity index (χ0n) is 6.06. The van der Waals surface area contributed by atoms with E-state index in [1.54, 1.807) is 6.92 Å². The van der Waals surface area contributed by atoms with Gasteiger partial charge in [0.1, 0.15) is 12.3 Å². The molecule has 0 aliphatic carbocycles. The summed E-state index contributed by atoms with van der Waals surface area (Å²) in [6.07, 6.45) is -1.94. The molecule has 5 heteroatoms. The van der Waals surface area contributed by atoms with Gasteiger partial charge in [-0.15, -0.1) is 0 Å². The van der Waals surface area contributed by atoms with Crippen LogP contribution in [0.4, 0.5) is 0 Å². The van der Waals surface area contributed by atoms with Crippen LogP contribution in [0.2, 0.25) is 0 Å². The van der Waals surface area contributed by atoms with Crippen LogP contribution < -0.4 is 5.32 Å². The SMILES string of the molecule is CC1C(O)N[C@H](C(=O)O)C1O. The Bertz CT molecular complexity index is 172. The molecule has 0 amide bonds. The molecule has 0 aromatic heterocycles. The number of aliphatic carboxylic acids is 1. The molecule has 1 fully saturated rings. The molecule has 0 bridgehead atoms. The van der Waals surface area contributed by atoms with Crippen LogP contribution in [0.25, 0.3) is 0 Å². The molecule has 1 heterocycles. The number of hydrogen-bond donors (Lipinski definition) is 4. The summed E-state index contributed by atoms with van der Waals surface area (Å²) in [4.78, 5) is 10.4. The van der Waals surface area contributed by atoms with Gasteiger partial charge >= 0.3 is 5.97 Å². The molecule has 0 spiro atoms. The third kappa shape index (κ3) is 1.35. The number of carbonyl (C=O) groups is 1. The third-order valence-electron chi connectivity index (χ3n) is 1.99. The Morgan fingerprint density at radius 1 is 1.45 bits per heavy atom. The van der Waals surface area contributed by atoms with E-state index in [9.17, 15) is 9.90 Å². The lowest BCUT2D eigenvalue weighted by Crippen LogP contribution is -2.40. The summed E-state index contributed by atoms with van der Waals surface area (Å²) in [6, 6.07) is -1.04. The lowest BCUT2D eigenvalue weighted by molar-refractivity contribution is -0.141. The summed E-state index contributed by atoms with van der Waals surface area (Å²) >= 11 is 0. The van der Waals surface area contributed by atoms with Crippen molar-refractivity contribution in [2.24, 2.45) is 5.92 Å². The normalized spacial score (nSPS) is 44.3. The van der Waals surface area contributed by atoms with Crippen molar-refractivity contribution in [2.75, 3.05) is 0 Å². The van der Waals surface area contributed by atoms with E-state index in [0.29, 0.717) is 0 Å². The molecule has 5 nitrogen and oxygen atoms in total. The lowest BCUT2D eigenvalue weighted by Gasteiger charge is -2.10. The van der Waals surface area contributed by atoms with E-state index in [0.717, 1.165) is 0 Å². The first-order chi connectivity index (χ1) is 5.04. The van der Waals surface area contributed by atoms with E-state index in [1.165, 1.54) is 0 Å². The molecule has 0 aromatic rings. The molecule has 1 saturated heterocycles. The van der Waals surface area contributed by atoms with E-state index in [2.05, 4.69) is 5.32 Å². The first-order valence-electron chi connectivity index (χ1n) is 3.39. The van der Waals surface area contributed by atoms with Crippen LogP contribution in [0.3, 0.4) is 0 Å². The van der Waals surface area contributed by atoms with Crippen molar-refractivity contribution < 1.29 is 20.1 Å². The van der Waals surface area contributed by atoms with Gasteiger partial charge in [-0.2, -0.15) is 0 Å². The van der Waals surface area contributed by atoms with Gasteiger partial charge in [0.05, 0.1) is 6.10 Å². The van der Waals surface area contributed by atoms with Crippen LogP contribution in [-0.2, 0) is 4.79 Å². The molecule has 3 unspecified atom stereocenters. The van der Waals surface area contributed by atoms with Gasteiger partial charge in [-0.25, -0.2) is 0 Å². The smallest absolute Gasteiger partial charge is 0.323 e. The van der Waals surface area contributed by atoms with Crippen molar-refractivity contribution in [3.8, 4) is 0 Å². The Kier molecular flexibility index (Phi) is 2.12. The third-order valence-corrected chi connectivity index (χ3v) is 1.99. The Balaban J connectivity index is 2.67. The molecule has 0 saturated carbocycles. The minimum Gasteiger partial charge on any atom is -0.480 e. The predicted molar refractivity (Wildman–Crippen MR) is 35.7 cm³/mol. The van der Waals surface area contributed by atoms with Gasteiger partial charge < -0.3 is 15.3 Å². The van der Waals surface area contributed by atoms with Crippen molar-refractivity contribution in [1.82, 2.24) is 5.32 Å². The number of rotatable bonds is 1.